The van der Waals surface area contributed by atoms with E-state index in [0.717, 1.165) is 5.56 Å². The van der Waals surface area contributed by atoms with Gasteiger partial charge in [-0.15, -0.1) is 11.8 Å². The first-order valence-corrected chi connectivity index (χ1v) is 8.13. The predicted molar refractivity (Wildman–Crippen MR) is 86.0 cm³/mol. The van der Waals surface area contributed by atoms with Crippen LogP contribution in [0.2, 0.25) is 0 Å². The second-order valence-corrected chi connectivity index (χ2v) is 6.05. The number of halogens is 1. The summed E-state index contributed by atoms with van der Waals surface area (Å²) >= 11 is 4.98. The van der Waals surface area contributed by atoms with Crippen LogP contribution in [-0.2, 0) is 6.54 Å². The third-order valence-corrected chi connectivity index (χ3v) is 4.04. The van der Waals surface area contributed by atoms with Crippen molar-refractivity contribution in [2.45, 2.75) is 11.4 Å². The van der Waals surface area contributed by atoms with Crippen LogP contribution in [0.25, 0.3) is 0 Å². The molecule has 0 spiro atoms. The van der Waals surface area contributed by atoms with Crippen molar-refractivity contribution in [1.29, 1.82) is 0 Å². The van der Waals surface area contributed by atoms with Crippen LogP contribution in [0.15, 0.2) is 52.0 Å². The lowest BCUT2D eigenvalue weighted by Gasteiger charge is -2.17. The molecule has 1 aromatic carbocycles. The molecule has 0 saturated heterocycles. The van der Waals surface area contributed by atoms with E-state index in [9.17, 15) is 4.79 Å². The number of amides is 1. The van der Waals surface area contributed by atoms with Gasteiger partial charge in [0, 0.05) is 18.5 Å². The minimum atomic E-state index is -0.0831. The van der Waals surface area contributed by atoms with Gasteiger partial charge in [0.15, 0.2) is 0 Å². The number of carbonyl (C=O) groups is 1. The first kappa shape index (κ1) is 15.1. The Hall–Kier alpha value is -1.33. The summed E-state index contributed by atoms with van der Waals surface area (Å²) in [5.41, 5.74) is 1.55. The zero-order valence-electron chi connectivity index (χ0n) is 11.3. The zero-order valence-corrected chi connectivity index (χ0v) is 13.7. The Morgan fingerprint density at radius 1 is 1.25 bits per heavy atom. The molecule has 1 aromatic heterocycles. The largest absolute Gasteiger partial charge is 0.336 e. The molecule has 0 aliphatic heterocycles. The molecule has 0 bridgehead atoms. The van der Waals surface area contributed by atoms with Gasteiger partial charge in [-0.05, 0) is 52.0 Å². The quantitative estimate of drug-likeness (QED) is 0.620. The van der Waals surface area contributed by atoms with Crippen LogP contribution in [0.5, 0.6) is 0 Å². The van der Waals surface area contributed by atoms with Crippen LogP contribution in [0, 0.1) is 0 Å². The third kappa shape index (κ3) is 3.84. The fraction of sp³-hybridized carbons (Fsp3) is 0.200. The highest BCUT2D eigenvalue weighted by Crippen LogP contribution is 2.16. The number of thioether (sulfide) groups is 1. The summed E-state index contributed by atoms with van der Waals surface area (Å²) in [6.45, 7) is 0.571. The number of aromatic nitrogens is 1. The molecule has 2 aromatic rings. The molecule has 0 unspecified atom stereocenters. The van der Waals surface area contributed by atoms with Gasteiger partial charge in [-0.3, -0.25) is 4.79 Å². The predicted octanol–water partition coefficient (Wildman–Crippen LogP) is 3.84. The summed E-state index contributed by atoms with van der Waals surface area (Å²) < 4.78 is 0.668. The molecule has 0 atom stereocenters. The van der Waals surface area contributed by atoms with Crippen LogP contribution < -0.4 is 0 Å². The highest BCUT2D eigenvalue weighted by atomic mass is 79.9. The Kier molecular flexibility index (Phi) is 5.20. The molecule has 0 aliphatic carbocycles. The van der Waals surface area contributed by atoms with Gasteiger partial charge >= 0.3 is 0 Å². The maximum absolute atomic E-state index is 12.3. The normalized spacial score (nSPS) is 10.3. The molecule has 104 valence electrons. The van der Waals surface area contributed by atoms with Crippen LogP contribution in [0.3, 0.4) is 0 Å². The van der Waals surface area contributed by atoms with Crippen LogP contribution in [0.1, 0.15) is 16.1 Å². The summed E-state index contributed by atoms with van der Waals surface area (Å²) in [6, 6.07) is 13.6. The molecule has 5 heteroatoms. The van der Waals surface area contributed by atoms with Crippen molar-refractivity contribution >= 4 is 33.6 Å². The Labute approximate surface area is 131 Å². The van der Waals surface area contributed by atoms with Gasteiger partial charge in [-0.1, -0.05) is 18.2 Å². The highest BCUT2D eigenvalue weighted by Gasteiger charge is 2.13. The van der Waals surface area contributed by atoms with Crippen molar-refractivity contribution in [2.75, 3.05) is 13.3 Å². The third-order valence-electron chi connectivity index (χ3n) is 2.86. The molecular formula is C15H15BrN2OS. The minimum Gasteiger partial charge on any atom is -0.336 e. The Balaban J connectivity index is 2.07. The van der Waals surface area contributed by atoms with Crippen molar-refractivity contribution < 1.29 is 4.79 Å². The molecular weight excluding hydrogens is 336 g/mol. The molecule has 3 nitrogen and oxygen atoms in total. The molecule has 0 fully saturated rings. The molecule has 2 rings (SSSR count). The lowest BCUT2D eigenvalue weighted by molar-refractivity contribution is 0.0779. The Bertz CT molecular complexity index is 601. The van der Waals surface area contributed by atoms with E-state index in [4.69, 9.17) is 0 Å². The monoisotopic (exact) mass is 350 g/mol. The van der Waals surface area contributed by atoms with E-state index in [1.807, 2.05) is 24.5 Å². The van der Waals surface area contributed by atoms with Gasteiger partial charge in [0.25, 0.3) is 5.91 Å². The fourth-order valence-corrected chi connectivity index (χ4v) is 2.55. The Morgan fingerprint density at radius 2 is 1.95 bits per heavy atom. The van der Waals surface area contributed by atoms with Crippen LogP contribution in [0.4, 0.5) is 0 Å². The molecule has 0 aliphatic rings. The molecule has 20 heavy (non-hydrogen) atoms. The smallest absolute Gasteiger partial charge is 0.272 e. The van der Waals surface area contributed by atoms with Crippen LogP contribution >= 0.6 is 27.7 Å². The number of carbonyl (C=O) groups excluding carboxylic acids is 1. The Morgan fingerprint density at radius 3 is 2.55 bits per heavy atom. The zero-order chi connectivity index (χ0) is 14.5. The minimum absolute atomic E-state index is 0.0831. The summed E-state index contributed by atoms with van der Waals surface area (Å²) in [5, 5.41) is 0. The van der Waals surface area contributed by atoms with E-state index in [0.29, 0.717) is 16.8 Å². The molecule has 1 amide bonds. The summed E-state index contributed by atoms with van der Waals surface area (Å²) in [5.74, 6) is -0.0831. The van der Waals surface area contributed by atoms with Crippen molar-refractivity contribution in [2.24, 2.45) is 0 Å². The van der Waals surface area contributed by atoms with Gasteiger partial charge in [-0.2, -0.15) is 0 Å². The number of benzene rings is 1. The average Bonchev–Trinajstić information content (AvgIpc) is 2.47. The van der Waals surface area contributed by atoms with Gasteiger partial charge in [0.2, 0.25) is 0 Å². The SMILES string of the molecule is CSc1ccc(CN(C)C(=O)c2cccc(Br)n2)cc1. The fourth-order valence-electron chi connectivity index (χ4n) is 1.80. The lowest BCUT2D eigenvalue weighted by Crippen LogP contribution is -2.27. The van der Waals surface area contributed by atoms with E-state index in [1.165, 1.54) is 4.90 Å². The summed E-state index contributed by atoms with van der Waals surface area (Å²) in [7, 11) is 1.79. The van der Waals surface area contributed by atoms with E-state index in [2.05, 4.69) is 33.0 Å². The van der Waals surface area contributed by atoms with Gasteiger partial charge in [-0.25, -0.2) is 4.98 Å². The van der Waals surface area contributed by atoms with Gasteiger partial charge in [0.05, 0.1) is 0 Å². The van der Waals surface area contributed by atoms with Crippen molar-refractivity contribution in [1.82, 2.24) is 9.88 Å². The standard InChI is InChI=1S/C15H15BrN2OS/c1-18(10-11-6-8-12(20-2)9-7-11)15(19)13-4-3-5-14(16)17-13/h3-9H,10H2,1-2H3. The van der Waals surface area contributed by atoms with Gasteiger partial charge < -0.3 is 4.90 Å². The van der Waals surface area contributed by atoms with Crippen LogP contribution in [-0.4, -0.2) is 29.1 Å². The molecule has 1 heterocycles. The number of rotatable bonds is 4. The van der Waals surface area contributed by atoms with E-state index in [-0.39, 0.29) is 5.91 Å². The molecule has 0 saturated carbocycles. The summed E-state index contributed by atoms with van der Waals surface area (Å²) in [4.78, 5) is 19.3. The topological polar surface area (TPSA) is 33.2 Å². The number of pyridine rings is 1. The van der Waals surface area contributed by atoms with E-state index in [1.54, 1.807) is 35.8 Å². The number of hydrogen-bond donors (Lipinski definition) is 0. The summed E-state index contributed by atoms with van der Waals surface area (Å²) in [6.07, 6.45) is 2.05. The molecule has 0 N–H and O–H groups in total. The highest BCUT2D eigenvalue weighted by molar-refractivity contribution is 9.10. The second kappa shape index (κ2) is 6.90. The van der Waals surface area contributed by atoms with Crippen molar-refractivity contribution in [3.63, 3.8) is 0 Å². The van der Waals surface area contributed by atoms with E-state index < -0.39 is 0 Å². The first-order chi connectivity index (χ1) is 9.60. The maximum Gasteiger partial charge on any atom is 0.272 e. The average molecular weight is 351 g/mol. The maximum atomic E-state index is 12.3. The number of nitrogens with zero attached hydrogens (tertiary/aromatic N) is 2. The number of hydrogen-bond acceptors (Lipinski definition) is 3. The van der Waals surface area contributed by atoms with Crippen molar-refractivity contribution in [3.8, 4) is 0 Å². The van der Waals surface area contributed by atoms with E-state index >= 15 is 0 Å². The first-order valence-electron chi connectivity index (χ1n) is 6.11. The molecule has 0 radical (unpaired) electrons. The second-order valence-electron chi connectivity index (χ2n) is 4.35. The van der Waals surface area contributed by atoms with Crippen molar-refractivity contribution in [3.05, 3.63) is 58.3 Å². The lowest BCUT2D eigenvalue weighted by atomic mass is 10.2. The van der Waals surface area contributed by atoms with Gasteiger partial charge in [0.1, 0.15) is 10.3 Å².